The minimum atomic E-state index is -0.480. The molecule has 6 aliphatic rings. The summed E-state index contributed by atoms with van der Waals surface area (Å²) in [6.07, 6.45) is 18.2. The van der Waals surface area contributed by atoms with Crippen molar-refractivity contribution in [2.75, 3.05) is 0 Å². The molecule has 0 aromatic carbocycles. The maximum Gasteiger partial charge on any atom is 0.170 e. The molecule has 2 saturated heterocycles. The summed E-state index contributed by atoms with van der Waals surface area (Å²) in [5.41, 5.74) is -1.23. The van der Waals surface area contributed by atoms with Crippen LogP contribution in [-0.2, 0) is 19.1 Å². The lowest BCUT2D eigenvalue weighted by Gasteiger charge is -2.34. The number of ether oxygens (including phenoxy) is 2. The molecule has 0 radical (unpaired) electrons. The molecule has 4 atom stereocenters. The number of Topliss-reactive ketones (excluding diaryl/α,β-unsaturated/α-hetero) is 2. The quantitative estimate of drug-likeness (QED) is 0.608. The van der Waals surface area contributed by atoms with E-state index in [1.165, 1.54) is 38.5 Å². The second kappa shape index (κ2) is 6.38. The van der Waals surface area contributed by atoms with Crippen LogP contribution < -0.4 is 0 Å². The fourth-order valence-electron chi connectivity index (χ4n) is 8.14. The number of fused-ring (bicyclic) bond motifs is 2. The van der Waals surface area contributed by atoms with Crippen molar-refractivity contribution < 1.29 is 19.1 Å². The molecule has 2 aliphatic heterocycles. The molecule has 4 spiro atoms. The van der Waals surface area contributed by atoms with E-state index in [0.717, 1.165) is 70.6 Å². The number of carbonyl (C=O) groups is 2. The van der Waals surface area contributed by atoms with Crippen molar-refractivity contribution in [1.82, 2.24) is 0 Å². The lowest BCUT2D eigenvalue weighted by atomic mass is 9.64. The number of epoxide rings is 2. The Hall–Kier alpha value is -0.740. The molecule has 6 rings (SSSR count). The van der Waals surface area contributed by atoms with Crippen LogP contribution >= 0.6 is 0 Å². The first kappa shape index (κ1) is 19.0. The zero-order valence-corrected chi connectivity index (χ0v) is 17.8. The SMILES string of the molecule is O=C1[C@H](C[C@@H]2CCC[C@]3(OC34CCCCC4)C2=O)CCC[C@]12OC21CCCCC1. The standard InChI is InChI=1S/C25H36O4/c26-20-18(9-7-15-24(20)22(28-24)11-3-1-4-12-22)17-19-10-8-16-25(21(19)27)23(29-25)13-5-2-6-14-23/h18-19H,1-17H2/t18-,19-,24-,25-/m0/s1. The molecule has 4 aliphatic carbocycles. The number of hydrogen-bond acceptors (Lipinski definition) is 4. The Labute approximate surface area is 174 Å². The third kappa shape index (κ3) is 2.51. The van der Waals surface area contributed by atoms with Crippen LogP contribution in [0.15, 0.2) is 0 Å². The molecule has 6 fully saturated rings. The lowest BCUT2D eigenvalue weighted by Crippen LogP contribution is -2.46. The summed E-state index contributed by atoms with van der Waals surface area (Å²) in [6.45, 7) is 0. The lowest BCUT2D eigenvalue weighted by molar-refractivity contribution is -0.135. The molecule has 4 heteroatoms. The Balaban J connectivity index is 1.17. The maximum absolute atomic E-state index is 13.6. The molecule has 0 aromatic rings. The summed E-state index contributed by atoms with van der Waals surface area (Å²) in [7, 11) is 0. The van der Waals surface area contributed by atoms with Crippen LogP contribution in [0.1, 0.15) is 109 Å². The summed E-state index contributed by atoms with van der Waals surface area (Å²) >= 11 is 0. The number of hydrogen-bond donors (Lipinski definition) is 0. The highest BCUT2D eigenvalue weighted by Crippen LogP contribution is 2.64. The Morgan fingerprint density at radius 2 is 1.00 bits per heavy atom. The van der Waals surface area contributed by atoms with Gasteiger partial charge >= 0.3 is 0 Å². The average Bonchev–Trinajstić information content (AvgIpc) is 3.56. The van der Waals surface area contributed by atoms with Crippen molar-refractivity contribution in [3.8, 4) is 0 Å². The van der Waals surface area contributed by atoms with Gasteiger partial charge in [-0.1, -0.05) is 38.5 Å². The van der Waals surface area contributed by atoms with Gasteiger partial charge in [0, 0.05) is 11.8 Å². The summed E-state index contributed by atoms with van der Waals surface area (Å²) in [5, 5.41) is 0. The first-order chi connectivity index (χ1) is 14.1. The van der Waals surface area contributed by atoms with Crippen molar-refractivity contribution in [1.29, 1.82) is 0 Å². The van der Waals surface area contributed by atoms with Gasteiger partial charge in [-0.15, -0.1) is 0 Å². The van der Waals surface area contributed by atoms with Gasteiger partial charge in [0.25, 0.3) is 0 Å². The molecular weight excluding hydrogens is 364 g/mol. The number of rotatable bonds is 2. The Morgan fingerprint density at radius 1 is 0.586 bits per heavy atom. The van der Waals surface area contributed by atoms with Crippen LogP contribution in [0.5, 0.6) is 0 Å². The van der Waals surface area contributed by atoms with Gasteiger partial charge in [-0.2, -0.15) is 0 Å². The van der Waals surface area contributed by atoms with E-state index in [1.54, 1.807) is 0 Å². The van der Waals surface area contributed by atoms with Crippen molar-refractivity contribution in [3.63, 3.8) is 0 Å². The molecule has 29 heavy (non-hydrogen) atoms. The molecule has 0 bridgehead atoms. The van der Waals surface area contributed by atoms with Gasteiger partial charge < -0.3 is 9.47 Å². The van der Waals surface area contributed by atoms with E-state index in [9.17, 15) is 9.59 Å². The fraction of sp³-hybridized carbons (Fsp3) is 0.920. The highest BCUT2D eigenvalue weighted by molar-refractivity contribution is 5.97. The first-order valence-electron chi connectivity index (χ1n) is 12.6. The van der Waals surface area contributed by atoms with E-state index in [2.05, 4.69) is 0 Å². The van der Waals surface area contributed by atoms with Crippen LogP contribution in [0.4, 0.5) is 0 Å². The second-order valence-electron chi connectivity index (χ2n) is 11.1. The Morgan fingerprint density at radius 3 is 1.41 bits per heavy atom. The summed E-state index contributed by atoms with van der Waals surface area (Å²) in [4.78, 5) is 27.1. The van der Waals surface area contributed by atoms with Crippen molar-refractivity contribution in [2.45, 2.75) is 132 Å². The maximum atomic E-state index is 13.6. The van der Waals surface area contributed by atoms with E-state index < -0.39 is 11.2 Å². The predicted octanol–water partition coefficient (Wildman–Crippen LogP) is 5.06. The van der Waals surface area contributed by atoms with Gasteiger partial charge in [0.05, 0.1) is 0 Å². The Bertz CT molecular complexity index is 656. The van der Waals surface area contributed by atoms with Gasteiger partial charge in [0.15, 0.2) is 22.8 Å². The van der Waals surface area contributed by atoms with E-state index in [4.69, 9.17) is 9.47 Å². The minimum absolute atomic E-state index is 0.0233. The molecule has 0 N–H and O–H groups in total. The normalized spacial score (nSPS) is 45.2. The molecule has 0 amide bonds. The first-order valence-corrected chi connectivity index (χ1v) is 12.6. The van der Waals surface area contributed by atoms with E-state index in [0.29, 0.717) is 11.6 Å². The van der Waals surface area contributed by atoms with Crippen molar-refractivity contribution in [3.05, 3.63) is 0 Å². The van der Waals surface area contributed by atoms with Crippen LogP contribution in [0.3, 0.4) is 0 Å². The molecule has 0 aromatic heterocycles. The van der Waals surface area contributed by atoms with Gasteiger partial charge in [0.2, 0.25) is 0 Å². The monoisotopic (exact) mass is 400 g/mol. The highest BCUT2D eigenvalue weighted by atomic mass is 16.6. The molecular formula is C25H36O4. The zero-order valence-electron chi connectivity index (χ0n) is 17.8. The van der Waals surface area contributed by atoms with Crippen LogP contribution in [-0.4, -0.2) is 34.0 Å². The van der Waals surface area contributed by atoms with Crippen LogP contribution in [0, 0.1) is 11.8 Å². The average molecular weight is 401 g/mol. The van der Waals surface area contributed by atoms with Gasteiger partial charge in [0.1, 0.15) is 11.2 Å². The summed E-state index contributed by atoms with van der Waals surface area (Å²) in [6, 6.07) is 0. The second-order valence-corrected chi connectivity index (χ2v) is 11.1. The number of ketones is 2. The molecule has 4 nitrogen and oxygen atoms in total. The zero-order chi connectivity index (χ0) is 19.7. The summed E-state index contributed by atoms with van der Waals surface area (Å²) in [5.74, 6) is 0.745. The molecule has 2 heterocycles. The van der Waals surface area contributed by atoms with Gasteiger partial charge in [-0.05, 0) is 70.6 Å². The minimum Gasteiger partial charge on any atom is -0.354 e. The van der Waals surface area contributed by atoms with E-state index >= 15 is 0 Å². The van der Waals surface area contributed by atoms with Crippen molar-refractivity contribution in [2.24, 2.45) is 11.8 Å². The predicted molar refractivity (Wildman–Crippen MR) is 109 cm³/mol. The van der Waals surface area contributed by atoms with E-state index in [1.807, 2.05) is 0 Å². The summed E-state index contributed by atoms with van der Waals surface area (Å²) < 4.78 is 12.6. The third-order valence-electron chi connectivity index (χ3n) is 9.72. The fourth-order valence-corrected chi connectivity index (χ4v) is 8.14. The van der Waals surface area contributed by atoms with Crippen LogP contribution in [0.2, 0.25) is 0 Å². The molecule has 4 saturated carbocycles. The topological polar surface area (TPSA) is 59.2 Å². The Kier molecular flexibility index (Phi) is 4.18. The highest BCUT2D eigenvalue weighted by Gasteiger charge is 2.76. The largest absolute Gasteiger partial charge is 0.354 e. The smallest absolute Gasteiger partial charge is 0.170 e. The van der Waals surface area contributed by atoms with E-state index in [-0.39, 0.29) is 23.0 Å². The van der Waals surface area contributed by atoms with Gasteiger partial charge in [-0.25, -0.2) is 0 Å². The third-order valence-corrected chi connectivity index (χ3v) is 9.72. The van der Waals surface area contributed by atoms with Gasteiger partial charge in [-0.3, -0.25) is 9.59 Å². The molecule has 0 unspecified atom stereocenters. The number of carbonyl (C=O) groups excluding carboxylic acids is 2. The van der Waals surface area contributed by atoms with Crippen molar-refractivity contribution >= 4 is 11.6 Å². The van der Waals surface area contributed by atoms with Crippen LogP contribution in [0.25, 0.3) is 0 Å². The molecule has 160 valence electrons.